The summed E-state index contributed by atoms with van der Waals surface area (Å²) in [4.78, 5) is 22.1. The van der Waals surface area contributed by atoms with Gasteiger partial charge in [-0.2, -0.15) is 13.2 Å². The summed E-state index contributed by atoms with van der Waals surface area (Å²) in [5.74, 6) is -5.19. The van der Waals surface area contributed by atoms with Crippen LogP contribution in [0.3, 0.4) is 0 Å². The van der Waals surface area contributed by atoms with Crippen molar-refractivity contribution in [3.05, 3.63) is 0 Å². The van der Waals surface area contributed by atoms with E-state index in [-0.39, 0.29) is 0 Å². The third kappa shape index (κ3) is 3.68. The number of hydrogen-bond acceptors (Lipinski definition) is 3. The Bertz CT molecular complexity index is 430. The number of carboxylic acid groups (broad SMARTS) is 1. The fraction of sp³-hybridized carbons (Fsp3) is 0.800. The zero-order valence-corrected chi connectivity index (χ0v) is 14.9. The summed E-state index contributed by atoms with van der Waals surface area (Å²) < 4.78 is 40.0. The maximum atomic E-state index is 12.3. The van der Waals surface area contributed by atoms with Gasteiger partial charge in [0.2, 0.25) is 0 Å². The van der Waals surface area contributed by atoms with E-state index >= 15 is 0 Å². The van der Waals surface area contributed by atoms with Crippen molar-refractivity contribution in [2.45, 2.75) is 28.3 Å². The number of alkyl halides is 6. The Hall–Kier alpha value is 0.170. The van der Waals surface area contributed by atoms with Crippen LogP contribution >= 0.6 is 47.8 Å². The third-order valence-corrected chi connectivity index (χ3v) is 4.64. The Kier molecular flexibility index (Phi) is 4.94. The highest BCUT2D eigenvalue weighted by Crippen LogP contribution is 2.64. The number of hydrogen-bond donors (Lipinski definition) is 1. The molecular formula is C10H10Br3F3O4. The van der Waals surface area contributed by atoms with Gasteiger partial charge in [0.1, 0.15) is 6.10 Å². The lowest BCUT2D eigenvalue weighted by Crippen LogP contribution is -2.38. The molecule has 0 amide bonds. The first-order chi connectivity index (χ1) is 8.70. The maximum Gasteiger partial charge on any atom is 0.490 e. The molecule has 20 heavy (non-hydrogen) atoms. The van der Waals surface area contributed by atoms with Crippen molar-refractivity contribution in [2.24, 2.45) is 17.3 Å². The first kappa shape index (κ1) is 18.2. The van der Waals surface area contributed by atoms with Gasteiger partial charge in [0.05, 0.1) is 5.92 Å². The summed E-state index contributed by atoms with van der Waals surface area (Å²) in [6.07, 6.45) is -6.50. The van der Waals surface area contributed by atoms with Crippen LogP contribution in [0.4, 0.5) is 13.2 Å². The first-order valence-electron chi connectivity index (χ1n) is 5.28. The zero-order chi connectivity index (χ0) is 16.1. The molecule has 0 aromatic heterocycles. The number of esters is 1. The molecule has 116 valence electrons. The molecular weight excluding hydrogens is 481 g/mol. The van der Waals surface area contributed by atoms with Gasteiger partial charge in [-0.15, -0.1) is 0 Å². The highest BCUT2D eigenvalue weighted by molar-refractivity contribution is 9.39. The van der Waals surface area contributed by atoms with Crippen LogP contribution in [0.1, 0.15) is 13.8 Å². The molecule has 1 rings (SSSR count). The molecule has 0 aliphatic heterocycles. The topological polar surface area (TPSA) is 63.6 Å². The Labute approximate surface area is 137 Å². The Morgan fingerprint density at radius 1 is 1.25 bits per heavy atom. The molecule has 4 nitrogen and oxygen atoms in total. The van der Waals surface area contributed by atoms with Crippen LogP contribution in [-0.4, -0.2) is 31.5 Å². The van der Waals surface area contributed by atoms with Crippen molar-refractivity contribution in [3.63, 3.8) is 0 Å². The molecule has 1 aliphatic carbocycles. The van der Waals surface area contributed by atoms with E-state index in [1.54, 1.807) is 13.8 Å². The van der Waals surface area contributed by atoms with E-state index in [2.05, 4.69) is 52.5 Å². The zero-order valence-electron chi connectivity index (χ0n) is 10.2. The molecule has 1 fully saturated rings. The SMILES string of the molecule is CC1(C)C(C(=O)O)C1C(OC(=O)C(F)(F)F)C(Br)(Br)Br. The Morgan fingerprint density at radius 3 is 1.95 bits per heavy atom. The second-order valence-electron chi connectivity index (χ2n) is 5.03. The second-order valence-corrected chi connectivity index (χ2v) is 12.0. The van der Waals surface area contributed by atoms with Gasteiger partial charge in [-0.1, -0.05) is 61.6 Å². The summed E-state index contributed by atoms with van der Waals surface area (Å²) in [6, 6.07) is 0. The van der Waals surface area contributed by atoms with E-state index in [4.69, 9.17) is 5.11 Å². The minimum Gasteiger partial charge on any atom is -0.481 e. The van der Waals surface area contributed by atoms with Crippen molar-refractivity contribution in [3.8, 4) is 0 Å². The minimum absolute atomic E-state index is 0.774. The van der Waals surface area contributed by atoms with Crippen LogP contribution < -0.4 is 0 Å². The summed E-state index contributed by atoms with van der Waals surface area (Å²) in [6.45, 7) is 3.17. The number of aliphatic carboxylic acids is 1. The van der Waals surface area contributed by atoms with Crippen molar-refractivity contribution < 1.29 is 32.6 Å². The highest BCUT2D eigenvalue weighted by Gasteiger charge is 2.69. The van der Waals surface area contributed by atoms with Gasteiger partial charge in [-0.25, -0.2) is 4.79 Å². The van der Waals surface area contributed by atoms with Crippen LogP contribution in [-0.2, 0) is 14.3 Å². The lowest BCUT2D eigenvalue weighted by atomic mass is 10.1. The minimum atomic E-state index is -5.14. The van der Waals surface area contributed by atoms with Gasteiger partial charge in [0, 0.05) is 5.92 Å². The lowest BCUT2D eigenvalue weighted by Gasteiger charge is -2.27. The van der Waals surface area contributed by atoms with E-state index in [9.17, 15) is 22.8 Å². The summed E-state index contributed by atoms with van der Waals surface area (Å²) in [7, 11) is 0. The Balaban J connectivity index is 3.00. The molecule has 0 bridgehead atoms. The summed E-state index contributed by atoms with van der Waals surface area (Å²) >= 11 is 9.01. The number of carbonyl (C=O) groups is 2. The predicted molar refractivity (Wildman–Crippen MR) is 73.8 cm³/mol. The van der Waals surface area contributed by atoms with Crippen LogP contribution in [0.25, 0.3) is 0 Å². The van der Waals surface area contributed by atoms with Crippen LogP contribution in [0, 0.1) is 17.3 Å². The van der Waals surface area contributed by atoms with Gasteiger partial charge in [-0.3, -0.25) is 4.79 Å². The smallest absolute Gasteiger partial charge is 0.481 e. The van der Waals surface area contributed by atoms with Crippen molar-refractivity contribution >= 4 is 59.7 Å². The van der Waals surface area contributed by atoms with E-state index in [1.807, 2.05) is 0 Å². The van der Waals surface area contributed by atoms with Crippen LogP contribution in [0.5, 0.6) is 0 Å². The quantitative estimate of drug-likeness (QED) is 0.484. The first-order valence-corrected chi connectivity index (χ1v) is 7.66. The molecule has 10 heteroatoms. The van der Waals surface area contributed by atoms with E-state index in [0.717, 1.165) is 0 Å². The number of carbonyl (C=O) groups excluding carboxylic acids is 1. The lowest BCUT2D eigenvalue weighted by molar-refractivity contribution is -0.205. The molecule has 3 unspecified atom stereocenters. The molecule has 1 aliphatic rings. The normalized spacial score (nSPS) is 26.8. The van der Waals surface area contributed by atoms with Gasteiger partial charge in [-0.05, 0) is 5.41 Å². The monoisotopic (exact) mass is 488 g/mol. The van der Waals surface area contributed by atoms with Crippen LogP contribution in [0.2, 0.25) is 0 Å². The molecule has 0 heterocycles. The fourth-order valence-corrected chi connectivity index (χ4v) is 3.37. The van der Waals surface area contributed by atoms with E-state index in [0.29, 0.717) is 0 Å². The predicted octanol–water partition coefficient (Wildman–Crippen LogP) is 3.66. The molecule has 1 saturated carbocycles. The third-order valence-electron chi connectivity index (χ3n) is 3.29. The van der Waals surface area contributed by atoms with Crippen LogP contribution in [0.15, 0.2) is 0 Å². The molecule has 0 radical (unpaired) electrons. The maximum absolute atomic E-state index is 12.3. The Morgan fingerprint density at radius 2 is 1.70 bits per heavy atom. The molecule has 0 saturated heterocycles. The summed E-state index contributed by atoms with van der Waals surface area (Å²) in [5, 5.41) is 9.06. The van der Waals surface area contributed by atoms with E-state index < -0.39 is 43.6 Å². The molecule has 0 spiro atoms. The van der Waals surface area contributed by atoms with Crippen molar-refractivity contribution in [2.75, 3.05) is 0 Å². The van der Waals surface area contributed by atoms with Crippen molar-refractivity contribution in [1.82, 2.24) is 0 Å². The highest BCUT2D eigenvalue weighted by atomic mass is 80.0. The second kappa shape index (κ2) is 5.42. The number of rotatable bonds is 3. The molecule has 0 aromatic carbocycles. The van der Waals surface area contributed by atoms with Crippen molar-refractivity contribution in [1.29, 1.82) is 0 Å². The molecule has 3 atom stereocenters. The van der Waals surface area contributed by atoms with Gasteiger partial charge in [0.25, 0.3) is 0 Å². The van der Waals surface area contributed by atoms with Gasteiger partial charge in [0.15, 0.2) is 2.14 Å². The van der Waals surface area contributed by atoms with Gasteiger partial charge >= 0.3 is 18.1 Å². The van der Waals surface area contributed by atoms with Gasteiger partial charge < -0.3 is 9.84 Å². The molecule has 1 N–H and O–H groups in total. The standard InChI is InChI=1S/C10H10Br3F3O4/c1-8(2)3(4(8)6(17)18)5(9(11,12)13)20-7(19)10(14,15)16/h3-5H,1-2H3,(H,17,18). The largest absolute Gasteiger partial charge is 0.490 e. The average molecular weight is 491 g/mol. The number of ether oxygens (including phenoxy) is 1. The average Bonchev–Trinajstić information content (AvgIpc) is 2.73. The summed E-state index contributed by atoms with van der Waals surface area (Å²) in [5.41, 5.74) is -0.789. The molecule has 0 aromatic rings. The number of halogens is 6. The van der Waals surface area contributed by atoms with E-state index in [1.165, 1.54) is 0 Å². The number of carboxylic acids is 1. The fourth-order valence-electron chi connectivity index (χ4n) is 2.24.